The van der Waals surface area contributed by atoms with Gasteiger partial charge in [0, 0.05) is 25.1 Å². The summed E-state index contributed by atoms with van der Waals surface area (Å²) in [5.41, 5.74) is 7.94. The smallest absolute Gasteiger partial charge is 0.257 e. The Kier molecular flexibility index (Phi) is 3.23. The Labute approximate surface area is 122 Å². The van der Waals surface area contributed by atoms with Crippen molar-refractivity contribution in [1.82, 2.24) is 24.7 Å². The Bertz CT molecular complexity index is 735. The highest BCUT2D eigenvalue weighted by Gasteiger charge is 2.11. The molecule has 0 amide bonds. The standard InChI is InChI=1S/C14H15N7/c1-10-4-6-11(7-5-10)20(2)13-17-12(15)18-14(19-13)21-9-3-8-16-21/h3-9H,1-2H3,(H2,15,17,18,19). The maximum atomic E-state index is 5.78. The van der Waals surface area contributed by atoms with E-state index in [2.05, 4.69) is 20.1 Å². The molecule has 7 heteroatoms. The van der Waals surface area contributed by atoms with Gasteiger partial charge in [0.05, 0.1) is 0 Å². The molecule has 0 saturated carbocycles. The molecule has 3 aromatic rings. The van der Waals surface area contributed by atoms with Crippen molar-refractivity contribution in [2.24, 2.45) is 0 Å². The van der Waals surface area contributed by atoms with Crippen LogP contribution >= 0.6 is 0 Å². The van der Waals surface area contributed by atoms with E-state index in [1.165, 1.54) is 5.56 Å². The number of aromatic nitrogens is 5. The van der Waals surface area contributed by atoms with Gasteiger partial charge in [-0.2, -0.15) is 20.1 Å². The van der Waals surface area contributed by atoms with Crippen LogP contribution in [-0.2, 0) is 0 Å². The average molecular weight is 281 g/mol. The first kappa shape index (κ1) is 13.0. The molecule has 2 heterocycles. The summed E-state index contributed by atoms with van der Waals surface area (Å²) in [6, 6.07) is 9.87. The topological polar surface area (TPSA) is 85.8 Å². The minimum absolute atomic E-state index is 0.157. The average Bonchev–Trinajstić information content (AvgIpc) is 3.01. The molecule has 21 heavy (non-hydrogen) atoms. The summed E-state index contributed by atoms with van der Waals surface area (Å²) in [7, 11) is 1.88. The zero-order chi connectivity index (χ0) is 14.8. The van der Waals surface area contributed by atoms with Crippen molar-refractivity contribution in [3.05, 3.63) is 48.3 Å². The van der Waals surface area contributed by atoms with E-state index >= 15 is 0 Å². The fourth-order valence-electron chi connectivity index (χ4n) is 1.89. The monoisotopic (exact) mass is 281 g/mol. The highest BCUT2D eigenvalue weighted by atomic mass is 15.4. The Balaban J connectivity index is 2.00. The van der Waals surface area contributed by atoms with E-state index in [-0.39, 0.29) is 5.95 Å². The van der Waals surface area contributed by atoms with Crippen LogP contribution in [0, 0.1) is 6.92 Å². The number of anilines is 3. The molecule has 3 rings (SSSR count). The number of nitrogens with zero attached hydrogens (tertiary/aromatic N) is 6. The van der Waals surface area contributed by atoms with Gasteiger partial charge in [0.2, 0.25) is 11.9 Å². The maximum absolute atomic E-state index is 5.78. The van der Waals surface area contributed by atoms with Crippen molar-refractivity contribution >= 4 is 17.6 Å². The first-order valence-corrected chi connectivity index (χ1v) is 6.45. The van der Waals surface area contributed by atoms with Gasteiger partial charge in [0.15, 0.2) is 0 Å². The van der Waals surface area contributed by atoms with Gasteiger partial charge in [-0.3, -0.25) is 0 Å². The third kappa shape index (κ3) is 2.66. The number of benzene rings is 1. The zero-order valence-electron chi connectivity index (χ0n) is 11.8. The van der Waals surface area contributed by atoms with E-state index in [4.69, 9.17) is 5.73 Å². The Morgan fingerprint density at radius 2 is 1.86 bits per heavy atom. The van der Waals surface area contributed by atoms with Crippen molar-refractivity contribution < 1.29 is 0 Å². The molecule has 0 bridgehead atoms. The van der Waals surface area contributed by atoms with Gasteiger partial charge in [0.1, 0.15) is 0 Å². The van der Waals surface area contributed by atoms with Gasteiger partial charge >= 0.3 is 0 Å². The van der Waals surface area contributed by atoms with Crippen LogP contribution in [0.2, 0.25) is 0 Å². The first-order valence-electron chi connectivity index (χ1n) is 6.45. The van der Waals surface area contributed by atoms with Crippen LogP contribution in [0.4, 0.5) is 17.6 Å². The lowest BCUT2D eigenvalue weighted by Gasteiger charge is -2.17. The molecule has 0 spiro atoms. The molecule has 0 aliphatic rings. The summed E-state index contributed by atoms with van der Waals surface area (Å²) < 4.78 is 1.55. The minimum Gasteiger partial charge on any atom is -0.368 e. The van der Waals surface area contributed by atoms with Gasteiger partial charge < -0.3 is 10.6 Å². The van der Waals surface area contributed by atoms with E-state index in [1.807, 2.05) is 43.1 Å². The van der Waals surface area contributed by atoms with Crippen LogP contribution in [0.15, 0.2) is 42.7 Å². The molecular weight excluding hydrogens is 266 g/mol. The molecule has 7 nitrogen and oxygen atoms in total. The second-order valence-electron chi connectivity index (χ2n) is 4.64. The van der Waals surface area contributed by atoms with Crippen molar-refractivity contribution in [3.8, 4) is 5.95 Å². The van der Waals surface area contributed by atoms with Crippen LogP contribution in [0.1, 0.15) is 5.56 Å². The molecular formula is C14H15N7. The van der Waals surface area contributed by atoms with Crippen molar-refractivity contribution in [2.45, 2.75) is 6.92 Å². The van der Waals surface area contributed by atoms with Crippen LogP contribution in [0.3, 0.4) is 0 Å². The molecule has 0 aliphatic heterocycles. The molecule has 0 saturated heterocycles. The summed E-state index contributed by atoms with van der Waals surface area (Å²) in [5, 5.41) is 4.10. The summed E-state index contributed by atoms with van der Waals surface area (Å²) in [6.45, 7) is 2.04. The Morgan fingerprint density at radius 3 is 2.52 bits per heavy atom. The summed E-state index contributed by atoms with van der Waals surface area (Å²) in [5.74, 6) is 1.02. The quantitative estimate of drug-likeness (QED) is 0.786. The van der Waals surface area contributed by atoms with Gasteiger partial charge in [0.25, 0.3) is 5.95 Å². The Morgan fingerprint density at radius 1 is 1.10 bits per heavy atom. The van der Waals surface area contributed by atoms with Crippen LogP contribution < -0.4 is 10.6 Å². The highest BCUT2D eigenvalue weighted by Crippen LogP contribution is 2.21. The second kappa shape index (κ2) is 5.20. The highest BCUT2D eigenvalue weighted by molar-refractivity contribution is 5.57. The normalized spacial score (nSPS) is 10.6. The lowest BCUT2D eigenvalue weighted by atomic mass is 10.2. The number of nitrogen functional groups attached to an aromatic ring is 1. The Hall–Kier alpha value is -2.96. The number of aryl methyl sites for hydroxylation is 1. The third-order valence-corrected chi connectivity index (χ3v) is 3.06. The largest absolute Gasteiger partial charge is 0.368 e. The van der Waals surface area contributed by atoms with Gasteiger partial charge in [-0.15, -0.1) is 0 Å². The summed E-state index contributed by atoms with van der Waals surface area (Å²) in [6.07, 6.45) is 3.41. The van der Waals surface area contributed by atoms with Crippen LogP contribution in [-0.4, -0.2) is 31.8 Å². The molecule has 0 radical (unpaired) electrons. The fraction of sp³-hybridized carbons (Fsp3) is 0.143. The van der Waals surface area contributed by atoms with Crippen LogP contribution in [0.5, 0.6) is 0 Å². The molecule has 106 valence electrons. The molecule has 2 aromatic heterocycles. The van der Waals surface area contributed by atoms with E-state index < -0.39 is 0 Å². The number of nitrogens with two attached hydrogens (primary N) is 1. The molecule has 1 aromatic carbocycles. The lowest BCUT2D eigenvalue weighted by Crippen LogP contribution is -2.17. The van der Waals surface area contributed by atoms with E-state index in [9.17, 15) is 0 Å². The van der Waals surface area contributed by atoms with E-state index in [0.29, 0.717) is 11.9 Å². The predicted molar refractivity (Wildman–Crippen MR) is 80.6 cm³/mol. The van der Waals surface area contributed by atoms with Gasteiger partial charge in [-0.1, -0.05) is 17.7 Å². The third-order valence-electron chi connectivity index (χ3n) is 3.06. The van der Waals surface area contributed by atoms with Crippen LogP contribution in [0.25, 0.3) is 5.95 Å². The van der Waals surface area contributed by atoms with Crippen molar-refractivity contribution in [3.63, 3.8) is 0 Å². The summed E-state index contributed by atoms with van der Waals surface area (Å²) >= 11 is 0. The molecule has 2 N–H and O–H groups in total. The number of rotatable bonds is 3. The van der Waals surface area contributed by atoms with Crippen molar-refractivity contribution in [2.75, 3.05) is 17.7 Å². The SMILES string of the molecule is Cc1ccc(N(C)c2nc(N)nc(-n3cccn3)n2)cc1. The molecule has 0 aliphatic carbocycles. The number of hydrogen-bond acceptors (Lipinski definition) is 6. The van der Waals surface area contributed by atoms with Gasteiger partial charge in [-0.05, 0) is 25.1 Å². The van der Waals surface area contributed by atoms with E-state index in [0.717, 1.165) is 5.69 Å². The van der Waals surface area contributed by atoms with Gasteiger partial charge in [-0.25, -0.2) is 4.68 Å². The first-order chi connectivity index (χ1) is 10.1. The van der Waals surface area contributed by atoms with E-state index in [1.54, 1.807) is 23.1 Å². The molecule has 0 atom stereocenters. The zero-order valence-corrected chi connectivity index (χ0v) is 11.8. The summed E-state index contributed by atoms with van der Waals surface area (Å²) in [4.78, 5) is 14.5. The predicted octanol–water partition coefficient (Wildman–Crippen LogP) is 1.72. The molecule has 0 fully saturated rings. The fourth-order valence-corrected chi connectivity index (χ4v) is 1.89. The number of hydrogen-bond donors (Lipinski definition) is 1. The maximum Gasteiger partial charge on any atom is 0.257 e. The van der Waals surface area contributed by atoms with Crippen molar-refractivity contribution in [1.29, 1.82) is 0 Å². The lowest BCUT2D eigenvalue weighted by molar-refractivity contribution is 0.795. The molecule has 0 unspecified atom stereocenters. The second-order valence-corrected chi connectivity index (χ2v) is 4.64. The minimum atomic E-state index is 0.157.